The number of hydrogen-bond acceptors (Lipinski definition) is 4. The molecule has 1 saturated heterocycles. The minimum atomic E-state index is -0.765. The highest BCUT2D eigenvalue weighted by molar-refractivity contribution is 5.82. The molecule has 0 radical (unpaired) electrons. The number of carbonyl (C=O) groups is 1. The van der Waals surface area contributed by atoms with Crippen LogP contribution in [-0.4, -0.2) is 36.8 Å². The Kier molecular flexibility index (Phi) is 5.18. The summed E-state index contributed by atoms with van der Waals surface area (Å²) in [4.78, 5) is 12.4. The van der Waals surface area contributed by atoms with Gasteiger partial charge in [-0.15, -0.1) is 0 Å². The summed E-state index contributed by atoms with van der Waals surface area (Å²) in [5.41, 5.74) is 0.698. The van der Waals surface area contributed by atoms with Gasteiger partial charge >= 0.3 is 0 Å². The Morgan fingerprint density at radius 3 is 2.96 bits per heavy atom. The van der Waals surface area contributed by atoms with Crippen molar-refractivity contribution in [1.29, 1.82) is 0 Å². The molecule has 126 valence electrons. The number of methoxy groups -OCH3 is 1. The van der Waals surface area contributed by atoms with E-state index < -0.39 is 6.10 Å². The van der Waals surface area contributed by atoms with Gasteiger partial charge < -0.3 is 20.5 Å². The van der Waals surface area contributed by atoms with E-state index in [1.807, 2.05) is 24.3 Å². The van der Waals surface area contributed by atoms with Crippen LogP contribution in [0.1, 0.15) is 43.8 Å². The number of para-hydroxylation sites is 1. The smallest absolute Gasteiger partial charge is 0.237 e. The second-order valence-electron chi connectivity index (χ2n) is 6.61. The van der Waals surface area contributed by atoms with Gasteiger partial charge in [0.2, 0.25) is 5.91 Å². The molecule has 0 bridgehead atoms. The van der Waals surface area contributed by atoms with E-state index in [0.717, 1.165) is 6.42 Å². The third kappa shape index (κ3) is 3.67. The molecule has 1 amide bonds. The number of benzene rings is 1. The molecule has 3 rings (SSSR count). The molecule has 1 saturated carbocycles. The molecule has 5 nitrogen and oxygen atoms in total. The Morgan fingerprint density at radius 2 is 2.17 bits per heavy atom. The van der Waals surface area contributed by atoms with Gasteiger partial charge in [-0.1, -0.05) is 31.0 Å². The van der Waals surface area contributed by atoms with Crippen LogP contribution in [-0.2, 0) is 4.79 Å². The summed E-state index contributed by atoms with van der Waals surface area (Å²) in [5.74, 6) is 1.27. The molecule has 3 N–H and O–H groups in total. The Labute approximate surface area is 137 Å². The zero-order valence-corrected chi connectivity index (χ0v) is 13.6. The first-order chi connectivity index (χ1) is 11.2. The molecule has 23 heavy (non-hydrogen) atoms. The summed E-state index contributed by atoms with van der Waals surface area (Å²) in [6.07, 6.45) is 5.10. The maximum absolute atomic E-state index is 12.4. The molecule has 0 spiro atoms. The average molecular weight is 318 g/mol. The predicted molar refractivity (Wildman–Crippen MR) is 88.3 cm³/mol. The van der Waals surface area contributed by atoms with E-state index in [4.69, 9.17) is 4.74 Å². The van der Waals surface area contributed by atoms with Crippen LogP contribution in [0, 0.1) is 5.92 Å². The van der Waals surface area contributed by atoms with Crippen LogP contribution in [0.5, 0.6) is 5.75 Å². The largest absolute Gasteiger partial charge is 0.496 e. The van der Waals surface area contributed by atoms with Crippen molar-refractivity contribution in [2.24, 2.45) is 5.92 Å². The minimum Gasteiger partial charge on any atom is -0.496 e. The van der Waals surface area contributed by atoms with Crippen LogP contribution in [0.4, 0.5) is 0 Å². The van der Waals surface area contributed by atoms with Crippen molar-refractivity contribution in [2.45, 2.75) is 50.3 Å². The van der Waals surface area contributed by atoms with Crippen LogP contribution in [0.25, 0.3) is 0 Å². The lowest BCUT2D eigenvalue weighted by atomic mass is 9.85. The number of hydrogen-bond donors (Lipinski definition) is 3. The van der Waals surface area contributed by atoms with Gasteiger partial charge in [-0.2, -0.15) is 0 Å². The van der Waals surface area contributed by atoms with Gasteiger partial charge in [0.05, 0.1) is 19.3 Å². The fourth-order valence-corrected chi connectivity index (χ4v) is 3.89. The molecule has 4 unspecified atom stereocenters. The van der Waals surface area contributed by atoms with Crippen LogP contribution in [0.3, 0.4) is 0 Å². The van der Waals surface area contributed by atoms with Crippen LogP contribution < -0.4 is 15.4 Å². The van der Waals surface area contributed by atoms with Crippen molar-refractivity contribution in [1.82, 2.24) is 10.6 Å². The monoisotopic (exact) mass is 318 g/mol. The van der Waals surface area contributed by atoms with Crippen LogP contribution >= 0.6 is 0 Å². The number of rotatable bonds is 5. The van der Waals surface area contributed by atoms with E-state index in [2.05, 4.69) is 10.6 Å². The fourth-order valence-electron chi connectivity index (χ4n) is 3.89. The van der Waals surface area contributed by atoms with Gasteiger partial charge in [0.25, 0.3) is 0 Å². The topological polar surface area (TPSA) is 70.6 Å². The molecule has 1 aromatic rings. The van der Waals surface area contributed by atoms with Gasteiger partial charge in [-0.05, 0) is 31.2 Å². The third-order valence-electron chi connectivity index (χ3n) is 5.15. The Balaban J connectivity index is 1.53. The highest BCUT2D eigenvalue weighted by Gasteiger charge is 2.38. The minimum absolute atomic E-state index is 0.00616. The summed E-state index contributed by atoms with van der Waals surface area (Å²) in [6, 6.07) is 7.72. The summed E-state index contributed by atoms with van der Waals surface area (Å²) >= 11 is 0. The lowest BCUT2D eigenvalue weighted by molar-refractivity contribution is -0.123. The number of ether oxygens (including phenoxy) is 1. The van der Waals surface area contributed by atoms with E-state index in [1.54, 1.807) is 7.11 Å². The van der Waals surface area contributed by atoms with Crippen molar-refractivity contribution < 1.29 is 14.6 Å². The first kappa shape index (κ1) is 16.3. The Hall–Kier alpha value is -1.59. The predicted octanol–water partition coefficient (Wildman–Crippen LogP) is 1.77. The molecule has 5 heteroatoms. The van der Waals surface area contributed by atoms with E-state index in [0.29, 0.717) is 23.3 Å². The SMILES string of the molecule is COc1ccccc1C(O)CNC(=O)C1CC2CCCCC2N1. The zero-order chi connectivity index (χ0) is 16.2. The molecule has 2 aliphatic rings. The molecule has 1 aromatic carbocycles. The zero-order valence-electron chi connectivity index (χ0n) is 13.6. The van der Waals surface area contributed by atoms with E-state index in [1.165, 1.54) is 25.7 Å². The second kappa shape index (κ2) is 7.32. The normalized spacial score (nSPS) is 28.0. The quantitative estimate of drug-likeness (QED) is 0.774. The van der Waals surface area contributed by atoms with Crippen molar-refractivity contribution in [3.05, 3.63) is 29.8 Å². The summed E-state index contributed by atoms with van der Waals surface area (Å²) in [7, 11) is 1.58. The number of carbonyl (C=O) groups excluding carboxylic acids is 1. The van der Waals surface area contributed by atoms with E-state index >= 15 is 0 Å². The summed E-state index contributed by atoms with van der Waals surface area (Å²) in [6.45, 7) is 0.201. The lowest BCUT2D eigenvalue weighted by Gasteiger charge is -2.24. The highest BCUT2D eigenvalue weighted by atomic mass is 16.5. The first-order valence-corrected chi connectivity index (χ1v) is 8.53. The number of nitrogens with one attached hydrogen (secondary N) is 2. The number of amides is 1. The van der Waals surface area contributed by atoms with E-state index in [-0.39, 0.29) is 18.5 Å². The van der Waals surface area contributed by atoms with Gasteiger partial charge in [-0.3, -0.25) is 4.79 Å². The third-order valence-corrected chi connectivity index (χ3v) is 5.15. The maximum Gasteiger partial charge on any atom is 0.237 e. The molecule has 0 aromatic heterocycles. The maximum atomic E-state index is 12.4. The van der Waals surface area contributed by atoms with Gasteiger partial charge in [0, 0.05) is 18.2 Å². The van der Waals surface area contributed by atoms with Gasteiger partial charge in [-0.25, -0.2) is 0 Å². The fraction of sp³-hybridized carbons (Fsp3) is 0.611. The Morgan fingerprint density at radius 1 is 1.39 bits per heavy atom. The molecule has 1 aliphatic heterocycles. The molecular weight excluding hydrogens is 292 g/mol. The molecule has 1 heterocycles. The van der Waals surface area contributed by atoms with Gasteiger partial charge in [0.1, 0.15) is 5.75 Å². The first-order valence-electron chi connectivity index (χ1n) is 8.53. The lowest BCUT2D eigenvalue weighted by Crippen LogP contribution is -2.44. The van der Waals surface area contributed by atoms with Crippen LogP contribution in [0.2, 0.25) is 0 Å². The summed E-state index contributed by atoms with van der Waals surface area (Å²) < 4.78 is 5.25. The van der Waals surface area contributed by atoms with Crippen molar-refractivity contribution >= 4 is 5.91 Å². The van der Waals surface area contributed by atoms with Crippen molar-refractivity contribution in [3.8, 4) is 5.75 Å². The second-order valence-corrected chi connectivity index (χ2v) is 6.61. The molecular formula is C18H26N2O3. The van der Waals surface area contributed by atoms with Crippen LogP contribution in [0.15, 0.2) is 24.3 Å². The standard InChI is InChI=1S/C18H26N2O3/c1-23-17-9-5-3-7-13(17)16(21)11-19-18(22)15-10-12-6-2-4-8-14(12)20-15/h3,5,7,9,12,14-16,20-21H,2,4,6,8,10-11H2,1H3,(H,19,22). The molecule has 1 aliphatic carbocycles. The Bertz CT molecular complexity index is 535. The average Bonchev–Trinajstić information content (AvgIpc) is 3.03. The van der Waals surface area contributed by atoms with E-state index in [9.17, 15) is 9.90 Å². The van der Waals surface area contributed by atoms with Gasteiger partial charge in [0.15, 0.2) is 0 Å². The molecule has 2 fully saturated rings. The number of aliphatic hydroxyl groups excluding tert-OH is 1. The van der Waals surface area contributed by atoms with Crippen molar-refractivity contribution in [2.75, 3.05) is 13.7 Å². The summed E-state index contributed by atoms with van der Waals surface area (Å²) in [5, 5.41) is 16.7. The van der Waals surface area contributed by atoms with Crippen molar-refractivity contribution in [3.63, 3.8) is 0 Å². The highest BCUT2D eigenvalue weighted by Crippen LogP contribution is 2.33. The number of aliphatic hydroxyl groups is 1. The molecule has 4 atom stereocenters. The number of fused-ring (bicyclic) bond motifs is 1.